The van der Waals surface area contributed by atoms with E-state index in [0.717, 1.165) is 38.7 Å². The van der Waals surface area contributed by atoms with Crippen LogP contribution in [0.2, 0.25) is 0 Å². The average Bonchev–Trinajstić information content (AvgIpc) is 3.10. The molecule has 5 nitrogen and oxygen atoms in total. The second-order valence-electron chi connectivity index (χ2n) is 6.65. The van der Waals surface area contributed by atoms with E-state index in [2.05, 4.69) is 60.9 Å². The van der Waals surface area contributed by atoms with E-state index in [4.69, 9.17) is 0 Å². The molecule has 0 radical (unpaired) electrons. The van der Waals surface area contributed by atoms with Crippen molar-refractivity contribution in [1.82, 2.24) is 19.4 Å². The summed E-state index contributed by atoms with van der Waals surface area (Å²) in [5, 5.41) is 1.33. The Morgan fingerprint density at radius 1 is 0.800 bits per heavy atom. The zero-order valence-corrected chi connectivity index (χ0v) is 14.6. The molecule has 0 spiro atoms. The highest BCUT2D eigenvalue weighted by Gasteiger charge is 2.18. The van der Waals surface area contributed by atoms with Gasteiger partial charge in [-0.3, -0.25) is 4.90 Å². The van der Waals surface area contributed by atoms with Crippen LogP contribution in [0.15, 0.2) is 55.0 Å². The van der Waals surface area contributed by atoms with Gasteiger partial charge in [0.05, 0.1) is 0 Å². The second kappa shape index (κ2) is 7.66. The van der Waals surface area contributed by atoms with Crippen molar-refractivity contribution in [3.8, 4) is 0 Å². The van der Waals surface area contributed by atoms with Gasteiger partial charge in [0, 0.05) is 56.8 Å². The minimum Gasteiger partial charge on any atom is -0.347 e. The van der Waals surface area contributed by atoms with Crippen LogP contribution in [0.3, 0.4) is 0 Å². The van der Waals surface area contributed by atoms with Crippen LogP contribution in [0.4, 0.5) is 5.95 Å². The van der Waals surface area contributed by atoms with Crippen LogP contribution in [0.25, 0.3) is 10.9 Å². The largest absolute Gasteiger partial charge is 0.347 e. The van der Waals surface area contributed by atoms with Crippen molar-refractivity contribution in [1.29, 1.82) is 0 Å². The van der Waals surface area contributed by atoms with Crippen molar-refractivity contribution in [3.63, 3.8) is 0 Å². The summed E-state index contributed by atoms with van der Waals surface area (Å²) in [4.78, 5) is 13.5. The number of unbranched alkanes of at least 4 members (excludes halogenated alkanes) is 1. The molecule has 0 aliphatic carbocycles. The van der Waals surface area contributed by atoms with E-state index in [1.54, 1.807) is 0 Å². The Balaban J connectivity index is 1.20. The maximum atomic E-state index is 4.35. The van der Waals surface area contributed by atoms with E-state index in [0.29, 0.717) is 0 Å². The van der Waals surface area contributed by atoms with Crippen molar-refractivity contribution >= 4 is 16.9 Å². The third-order valence-corrected chi connectivity index (χ3v) is 5.01. The standard InChI is InChI=1S/C20H25N5/c1-2-7-19-18(6-1)8-13-24(19)12-4-3-11-23-14-16-25(17-15-23)20-21-9-5-10-22-20/h1-2,5-10,13H,3-4,11-12,14-17H2. The predicted octanol–water partition coefficient (Wildman–Crippen LogP) is 3.03. The van der Waals surface area contributed by atoms with Gasteiger partial charge in [0.2, 0.25) is 5.95 Å². The summed E-state index contributed by atoms with van der Waals surface area (Å²) in [5.41, 5.74) is 1.35. The molecule has 3 heterocycles. The highest BCUT2D eigenvalue weighted by molar-refractivity contribution is 5.79. The molecule has 130 valence electrons. The SMILES string of the molecule is c1cnc(N2CCN(CCCCn3ccc4ccccc43)CC2)nc1. The van der Waals surface area contributed by atoms with Crippen molar-refractivity contribution in [3.05, 3.63) is 55.0 Å². The molecule has 0 atom stereocenters. The Bertz CT molecular complexity index is 790. The summed E-state index contributed by atoms with van der Waals surface area (Å²) in [6, 6.07) is 12.7. The van der Waals surface area contributed by atoms with Gasteiger partial charge >= 0.3 is 0 Å². The lowest BCUT2D eigenvalue weighted by molar-refractivity contribution is 0.250. The van der Waals surface area contributed by atoms with Crippen LogP contribution < -0.4 is 4.90 Å². The highest BCUT2D eigenvalue weighted by Crippen LogP contribution is 2.16. The third kappa shape index (κ3) is 3.82. The minimum absolute atomic E-state index is 0.863. The van der Waals surface area contributed by atoms with Crippen LogP contribution in [0, 0.1) is 0 Å². The minimum atomic E-state index is 0.863. The number of aryl methyl sites for hydroxylation is 1. The highest BCUT2D eigenvalue weighted by atomic mass is 15.3. The van der Waals surface area contributed by atoms with Crippen molar-refractivity contribution in [2.75, 3.05) is 37.6 Å². The normalized spacial score (nSPS) is 15.8. The molecule has 1 fully saturated rings. The first-order valence-corrected chi connectivity index (χ1v) is 9.18. The molecule has 0 amide bonds. The van der Waals surface area contributed by atoms with Gasteiger partial charge in [0.25, 0.3) is 0 Å². The molecular formula is C20H25N5. The topological polar surface area (TPSA) is 37.2 Å². The first-order chi connectivity index (χ1) is 12.4. The Morgan fingerprint density at radius 2 is 1.56 bits per heavy atom. The maximum absolute atomic E-state index is 4.35. The molecule has 0 bridgehead atoms. The fraction of sp³-hybridized carbons (Fsp3) is 0.400. The zero-order chi connectivity index (χ0) is 16.9. The van der Waals surface area contributed by atoms with Gasteiger partial charge in [-0.25, -0.2) is 9.97 Å². The molecule has 1 saturated heterocycles. The smallest absolute Gasteiger partial charge is 0.225 e. The summed E-state index contributed by atoms with van der Waals surface area (Å²) >= 11 is 0. The molecule has 1 aliphatic rings. The lowest BCUT2D eigenvalue weighted by Crippen LogP contribution is -2.47. The van der Waals surface area contributed by atoms with Gasteiger partial charge in [-0.05, 0) is 43.0 Å². The van der Waals surface area contributed by atoms with Gasteiger partial charge in [-0.1, -0.05) is 18.2 Å². The fourth-order valence-corrected chi connectivity index (χ4v) is 3.58. The third-order valence-electron chi connectivity index (χ3n) is 5.01. The maximum Gasteiger partial charge on any atom is 0.225 e. The average molecular weight is 335 g/mol. The Labute approximate surface area is 148 Å². The molecular weight excluding hydrogens is 310 g/mol. The first kappa shape index (κ1) is 16.1. The molecule has 4 rings (SSSR count). The van der Waals surface area contributed by atoms with Crippen LogP contribution >= 0.6 is 0 Å². The van der Waals surface area contributed by atoms with E-state index in [9.17, 15) is 0 Å². The van der Waals surface area contributed by atoms with Gasteiger partial charge < -0.3 is 9.47 Å². The number of hydrogen-bond acceptors (Lipinski definition) is 4. The molecule has 3 aromatic rings. The van der Waals surface area contributed by atoms with Crippen molar-refractivity contribution < 1.29 is 0 Å². The quantitative estimate of drug-likeness (QED) is 0.649. The number of piperazine rings is 1. The van der Waals surface area contributed by atoms with Gasteiger partial charge in [-0.15, -0.1) is 0 Å². The molecule has 0 saturated carbocycles. The van der Waals surface area contributed by atoms with Gasteiger partial charge in [0.15, 0.2) is 0 Å². The van der Waals surface area contributed by atoms with Crippen LogP contribution in [0.1, 0.15) is 12.8 Å². The lowest BCUT2D eigenvalue weighted by atomic mass is 10.2. The van der Waals surface area contributed by atoms with Crippen LogP contribution in [-0.4, -0.2) is 52.2 Å². The van der Waals surface area contributed by atoms with E-state index in [1.165, 1.54) is 30.3 Å². The molecule has 0 unspecified atom stereocenters. The van der Waals surface area contributed by atoms with Crippen molar-refractivity contribution in [2.24, 2.45) is 0 Å². The Hall–Kier alpha value is -2.40. The second-order valence-corrected chi connectivity index (χ2v) is 6.65. The lowest BCUT2D eigenvalue weighted by Gasteiger charge is -2.34. The van der Waals surface area contributed by atoms with E-state index in [-0.39, 0.29) is 0 Å². The van der Waals surface area contributed by atoms with Gasteiger partial charge in [0.1, 0.15) is 0 Å². The molecule has 1 aromatic carbocycles. The monoisotopic (exact) mass is 335 g/mol. The van der Waals surface area contributed by atoms with Crippen molar-refractivity contribution in [2.45, 2.75) is 19.4 Å². The molecule has 25 heavy (non-hydrogen) atoms. The van der Waals surface area contributed by atoms with E-state index in [1.807, 2.05) is 18.5 Å². The van der Waals surface area contributed by atoms with E-state index < -0.39 is 0 Å². The number of hydrogen-bond donors (Lipinski definition) is 0. The number of nitrogens with zero attached hydrogens (tertiary/aromatic N) is 5. The van der Waals surface area contributed by atoms with Crippen LogP contribution in [0.5, 0.6) is 0 Å². The number of anilines is 1. The van der Waals surface area contributed by atoms with Gasteiger partial charge in [-0.2, -0.15) is 0 Å². The number of rotatable bonds is 6. The Kier molecular flexibility index (Phi) is 4.93. The molecule has 1 aliphatic heterocycles. The van der Waals surface area contributed by atoms with E-state index >= 15 is 0 Å². The Morgan fingerprint density at radius 3 is 2.40 bits per heavy atom. The summed E-state index contributed by atoms with van der Waals surface area (Å²) in [6.45, 7) is 6.53. The fourth-order valence-electron chi connectivity index (χ4n) is 3.58. The summed E-state index contributed by atoms with van der Waals surface area (Å²) in [6.07, 6.45) is 8.32. The predicted molar refractivity (Wildman–Crippen MR) is 102 cm³/mol. The molecule has 5 heteroatoms. The summed E-state index contributed by atoms with van der Waals surface area (Å²) < 4.78 is 2.38. The number of para-hydroxylation sites is 1. The number of benzene rings is 1. The summed E-state index contributed by atoms with van der Waals surface area (Å²) in [5.74, 6) is 0.863. The molecule has 0 N–H and O–H groups in total. The molecule has 2 aromatic heterocycles. The zero-order valence-electron chi connectivity index (χ0n) is 14.6. The number of fused-ring (bicyclic) bond motifs is 1. The number of aromatic nitrogens is 3. The first-order valence-electron chi connectivity index (χ1n) is 9.18. The van der Waals surface area contributed by atoms with Crippen LogP contribution in [-0.2, 0) is 6.54 Å². The summed E-state index contributed by atoms with van der Waals surface area (Å²) in [7, 11) is 0.